The fourth-order valence-electron chi connectivity index (χ4n) is 3.71. The fraction of sp³-hybridized carbons (Fsp3) is 0.353. The number of carboxylic acids is 1. The largest absolute Gasteiger partial charge is 0.481 e. The van der Waals surface area contributed by atoms with Gasteiger partial charge in [0.05, 0.1) is 16.7 Å². The summed E-state index contributed by atoms with van der Waals surface area (Å²) in [6, 6.07) is 5.31. The van der Waals surface area contributed by atoms with E-state index in [4.69, 9.17) is 0 Å². The minimum atomic E-state index is -3.95. The van der Waals surface area contributed by atoms with E-state index in [0.29, 0.717) is 12.1 Å². The molecular weight excluding hydrogens is 360 g/mol. The minimum Gasteiger partial charge on any atom is -0.481 e. The van der Waals surface area contributed by atoms with E-state index < -0.39 is 39.6 Å². The lowest BCUT2D eigenvalue weighted by Gasteiger charge is -2.23. The number of fused-ring (bicyclic) bond motifs is 2. The molecule has 138 valence electrons. The Morgan fingerprint density at radius 1 is 1.04 bits per heavy atom. The van der Waals surface area contributed by atoms with Crippen LogP contribution in [0, 0.1) is 23.7 Å². The third kappa shape index (κ3) is 3.34. The number of carbonyl (C=O) groups excluding carboxylic acids is 2. The number of nitrogens with one attached hydrogen (secondary N) is 2. The lowest BCUT2D eigenvalue weighted by atomic mass is 9.82. The molecule has 2 bridgehead atoms. The van der Waals surface area contributed by atoms with Gasteiger partial charge < -0.3 is 10.4 Å². The third-order valence-electron chi connectivity index (χ3n) is 4.76. The first-order valence-corrected chi connectivity index (χ1v) is 9.53. The Hall–Kier alpha value is -2.68. The molecule has 2 aliphatic rings. The summed E-state index contributed by atoms with van der Waals surface area (Å²) in [6.07, 6.45) is 4.40. The molecule has 0 unspecified atom stereocenters. The van der Waals surface area contributed by atoms with Gasteiger partial charge in [0.1, 0.15) is 0 Å². The molecule has 9 heteroatoms. The summed E-state index contributed by atoms with van der Waals surface area (Å²) < 4.78 is 25.6. The van der Waals surface area contributed by atoms with Crippen LogP contribution < -0.4 is 10.0 Å². The highest BCUT2D eigenvalue weighted by atomic mass is 32.2. The van der Waals surface area contributed by atoms with Crippen molar-refractivity contribution in [3.63, 3.8) is 0 Å². The zero-order valence-corrected chi connectivity index (χ0v) is 14.7. The predicted octanol–water partition coefficient (Wildman–Crippen LogP) is 0.973. The van der Waals surface area contributed by atoms with Gasteiger partial charge >= 0.3 is 5.97 Å². The van der Waals surface area contributed by atoms with Gasteiger partial charge in [0.15, 0.2) is 0 Å². The number of amides is 2. The molecule has 2 amide bonds. The van der Waals surface area contributed by atoms with Crippen LogP contribution in [-0.2, 0) is 24.4 Å². The summed E-state index contributed by atoms with van der Waals surface area (Å²) in [5.41, 5.74) is 0.354. The van der Waals surface area contributed by atoms with Crippen molar-refractivity contribution in [3.8, 4) is 0 Å². The Labute approximate surface area is 150 Å². The normalized spacial score (nSPS) is 26.5. The predicted molar refractivity (Wildman–Crippen MR) is 91.4 cm³/mol. The van der Waals surface area contributed by atoms with Crippen LogP contribution >= 0.6 is 0 Å². The minimum absolute atomic E-state index is 0.0967. The van der Waals surface area contributed by atoms with E-state index >= 15 is 0 Å². The van der Waals surface area contributed by atoms with Crippen molar-refractivity contribution < 1.29 is 27.9 Å². The zero-order valence-electron chi connectivity index (χ0n) is 13.9. The number of carbonyl (C=O) groups is 3. The molecule has 0 aliphatic heterocycles. The molecule has 0 aromatic heterocycles. The molecule has 0 radical (unpaired) electrons. The standard InChI is InChI=1S/C17H18N2O6S/c1-9(20)19-26(24,25)13-6-4-12(5-7-13)18-16(21)14-10-2-3-11(8-10)15(14)17(22)23/h2-7,10-11,14-15H,8H2,1H3,(H,18,21)(H,19,20)(H,22,23)/t10-,11-,14+,15+/m0/s1. The monoisotopic (exact) mass is 378 g/mol. The molecule has 26 heavy (non-hydrogen) atoms. The van der Waals surface area contributed by atoms with Crippen LogP contribution in [0.15, 0.2) is 41.3 Å². The number of carboxylic acid groups (broad SMARTS) is 1. The van der Waals surface area contributed by atoms with Crippen molar-refractivity contribution in [2.75, 3.05) is 5.32 Å². The van der Waals surface area contributed by atoms with Crippen LogP contribution in [0.4, 0.5) is 5.69 Å². The second-order valence-corrected chi connectivity index (χ2v) is 8.20. The first-order valence-electron chi connectivity index (χ1n) is 8.04. The lowest BCUT2D eigenvalue weighted by molar-refractivity contribution is -0.146. The van der Waals surface area contributed by atoms with E-state index in [1.54, 1.807) is 0 Å². The second kappa shape index (κ2) is 6.56. The lowest BCUT2D eigenvalue weighted by Crippen LogP contribution is -2.36. The maximum absolute atomic E-state index is 12.6. The number of sulfonamides is 1. The van der Waals surface area contributed by atoms with Crippen molar-refractivity contribution >= 4 is 33.5 Å². The summed E-state index contributed by atoms with van der Waals surface area (Å²) in [6.45, 7) is 1.09. The summed E-state index contributed by atoms with van der Waals surface area (Å²) in [5.74, 6) is -3.70. The van der Waals surface area contributed by atoms with Gasteiger partial charge in [-0.05, 0) is 42.5 Å². The van der Waals surface area contributed by atoms with Crippen LogP contribution in [0.3, 0.4) is 0 Å². The number of hydrogen-bond acceptors (Lipinski definition) is 5. The highest BCUT2D eigenvalue weighted by molar-refractivity contribution is 7.90. The maximum atomic E-state index is 12.6. The van der Waals surface area contributed by atoms with Crippen LogP contribution in [0.1, 0.15) is 13.3 Å². The van der Waals surface area contributed by atoms with E-state index in [1.165, 1.54) is 24.3 Å². The molecule has 4 atom stereocenters. The summed E-state index contributed by atoms with van der Waals surface area (Å²) in [4.78, 5) is 34.9. The number of allylic oxidation sites excluding steroid dienone is 2. The molecule has 1 saturated carbocycles. The van der Waals surface area contributed by atoms with Crippen molar-refractivity contribution in [2.24, 2.45) is 23.7 Å². The Morgan fingerprint density at radius 3 is 2.15 bits per heavy atom. The van der Waals surface area contributed by atoms with Gasteiger partial charge in [-0.2, -0.15) is 0 Å². The van der Waals surface area contributed by atoms with E-state index in [2.05, 4.69) is 5.32 Å². The van der Waals surface area contributed by atoms with Crippen molar-refractivity contribution in [1.82, 2.24) is 4.72 Å². The van der Waals surface area contributed by atoms with Crippen molar-refractivity contribution in [2.45, 2.75) is 18.2 Å². The van der Waals surface area contributed by atoms with Gasteiger partial charge in [-0.1, -0.05) is 12.2 Å². The molecule has 0 heterocycles. The van der Waals surface area contributed by atoms with E-state index in [0.717, 1.165) is 6.92 Å². The van der Waals surface area contributed by atoms with E-state index in [-0.39, 0.29) is 16.7 Å². The number of hydrogen-bond donors (Lipinski definition) is 3. The van der Waals surface area contributed by atoms with Crippen LogP contribution in [0.25, 0.3) is 0 Å². The van der Waals surface area contributed by atoms with Gasteiger partial charge in [-0.3, -0.25) is 14.4 Å². The fourth-order valence-corrected chi connectivity index (χ4v) is 4.70. The average molecular weight is 378 g/mol. The van der Waals surface area contributed by atoms with Crippen molar-refractivity contribution in [1.29, 1.82) is 0 Å². The Bertz CT molecular complexity index is 890. The smallest absolute Gasteiger partial charge is 0.307 e. The van der Waals surface area contributed by atoms with Gasteiger partial charge in [0, 0.05) is 12.6 Å². The molecule has 1 fully saturated rings. The third-order valence-corrected chi connectivity index (χ3v) is 6.21. The molecular formula is C17H18N2O6S. The van der Waals surface area contributed by atoms with Crippen LogP contribution in [-0.4, -0.2) is 31.3 Å². The number of aliphatic carboxylic acids is 1. The summed E-state index contributed by atoms with van der Waals surface area (Å²) in [5, 5.41) is 12.1. The van der Waals surface area contributed by atoms with Crippen LogP contribution in [0.2, 0.25) is 0 Å². The van der Waals surface area contributed by atoms with Crippen LogP contribution in [0.5, 0.6) is 0 Å². The molecule has 2 aliphatic carbocycles. The molecule has 3 N–H and O–H groups in total. The Morgan fingerprint density at radius 2 is 1.62 bits per heavy atom. The zero-order chi connectivity index (χ0) is 19.1. The van der Waals surface area contributed by atoms with Crippen molar-refractivity contribution in [3.05, 3.63) is 36.4 Å². The van der Waals surface area contributed by atoms with Gasteiger partial charge in [0.2, 0.25) is 11.8 Å². The van der Waals surface area contributed by atoms with Gasteiger partial charge in [-0.25, -0.2) is 13.1 Å². The Kier molecular flexibility index (Phi) is 4.57. The average Bonchev–Trinajstić information content (AvgIpc) is 3.15. The highest BCUT2D eigenvalue weighted by Crippen LogP contribution is 2.48. The highest BCUT2D eigenvalue weighted by Gasteiger charge is 2.51. The number of anilines is 1. The SMILES string of the molecule is CC(=O)NS(=O)(=O)c1ccc(NC(=O)[C@H]2[C@H](C(=O)O)[C@H]3C=C[C@H]2C3)cc1. The first kappa shape index (κ1) is 18.1. The number of benzene rings is 1. The second-order valence-electron chi connectivity index (χ2n) is 6.51. The van der Waals surface area contributed by atoms with Gasteiger partial charge in [-0.15, -0.1) is 0 Å². The molecule has 8 nitrogen and oxygen atoms in total. The summed E-state index contributed by atoms with van der Waals surface area (Å²) in [7, 11) is -3.95. The Balaban J connectivity index is 1.73. The molecule has 0 spiro atoms. The molecule has 1 aromatic carbocycles. The molecule has 3 rings (SSSR count). The quantitative estimate of drug-likeness (QED) is 0.655. The summed E-state index contributed by atoms with van der Waals surface area (Å²) >= 11 is 0. The molecule has 1 aromatic rings. The van der Waals surface area contributed by atoms with Gasteiger partial charge in [0.25, 0.3) is 10.0 Å². The van der Waals surface area contributed by atoms with E-state index in [1.807, 2.05) is 16.9 Å². The molecule has 0 saturated heterocycles. The van der Waals surface area contributed by atoms with E-state index in [9.17, 15) is 27.9 Å². The number of rotatable bonds is 5. The first-order chi connectivity index (χ1) is 12.2. The maximum Gasteiger partial charge on any atom is 0.307 e. The topological polar surface area (TPSA) is 130 Å².